The van der Waals surface area contributed by atoms with E-state index >= 15 is 0 Å². The van der Waals surface area contributed by atoms with Crippen LogP contribution >= 0.6 is 0 Å². The molecule has 1 amide bonds. The summed E-state index contributed by atoms with van der Waals surface area (Å²) in [5.41, 5.74) is 1.13. The van der Waals surface area contributed by atoms with Crippen molar-refractivity contribution in [2.24, 2.45) is 0 Å². The van der Waals surface area contributed by atoms with E-state index in [2.05, 4.69) is 5.32 Å². The molecule has 0 atom stereocenters. The molecule has 3 aromatic rings. The maximum absolute atomic E-state index is 12.7. The van der Waals surface area contributed by atoms with Gasteiger partial charge in [-0.3, -0.25) is 9.59 Å². The number of fused-ring (bicyclic) bond motifs is 1. The van der Waals surface area contributed by atoms with Gasteiger partial charge in [-0.2, -0.15) is 5.26 Å². The third kappa shape index (κ3) is 4.83. The number of ether oxygens (including phenoxy) is 2. The second-order valence-electron chi connectivity index (χ2n) is 6.38. The van der Waals surface area contributed by atoms with Crippen LogP contribution in [0.4, 0.5) is 5.69 Å². The van der Waals surface area contributed by atoms with E-state index in [4.69, 9.17) is 9.47 Å². The number of anilines is 1. The van der Waals surface area contributed by atoms with Crippen molar-refractivity contribution < 1.29 is 19.1 Å². The summed E-state index contributed by atoms with van der Waals surface area (Å²) in [4.78, 5) is 24.0. The average molecular weight is 400 g/mol. The van der Waals surface area contributed by atoms with Gasteiger partial charge < -0.3 is 14.8 Å². The van der Waals surface area contributed by atoms with Crippen molar-refractivity contribution in [3.8, 4) is 17.6 Å². The van der Waals surface area contributed by atoms with Gasteiger partial charge in [0.2, 0.25) is 0 Å². The molecule has 0 radical (unpaired) electrons. The Morgan fingerprint density at radius 1 is 1.07 bits per heavy atom. The molecule has 0 aliphatic rings. The number of esters is 1. The molecule has 0 spiro atoms. The Balaban J connectivity index is 1.89. The molecule has 6 nitrogen and oxygen atoms in total. The highest BCUT2D eigenvalue weighted by Crippen LogP contribution is 2.30. The van der Waals surface area contributed by atoms with Crippen LogP contribution in [0.1, 0.15) is 19.4 Å². The minimum absolute atomic E-state index is 0.0642. The quantitative estimate of drug-likeness (QED) is 0.280. The number of carbonyl (C=O) groups excluding carboxylic acids is 2. The maximum atomic E-state index is 12.7. The van der Waals surface area contributed by atoms with Crippen LogP contribution in [-0.4, -0.2) is 18.5 Å². The molecule has 150 valence electrons. The van der Waals surface area contributed by atoms with Crippen LogP contribution in [0.3, 0.4) is 0 Å². The van der Waals surface area contributed by atoms with Gasteiger partial charge in [-0.25, -0.2) is 0 Å². The summed E-state index contributed by atoms with van der Waals surface area (Å²) in [7, 11) is 0. The average Bonchev–Trinajstić information content (AvgIpc) is 2.74. The van der Waals surface area contributed by atoms with Gasteiger partial charge in [-0.1, -0.05) is 42.5 Å². The summed E-state index contributed by atoms with van der Waals surface area (Å²) in [5, 5.41) is 14.2. The lowest BCUT2D eigenvalue weighted by Crippen LogP contribution is -2.13. The lowest BCUT2D eigenvalue weighted by Gasteiger charge is -2.11. The van der Waals surface area contributed by atoms with Crippen LogP contribution in [0, 0.1) is 11.3 Å². The standard InChI is InChI=1S/C24H20N2O4/c1-3-29-23-14-17(11-12-22(23)30-16(2)27)13-19(15-25)24(28)26-21-10-6-8-18-7-4-5-9-20(18)21/h4-14H,3H2,1-2H3,(H,26,28)/b19-13+. The van der Waals surface area contributed by atoms with E-state index in [1.807, 2.05) is 42.5 Å². The van der Waals surface area contributed by atoms with E-state index < -0.39 is 11.9 Å². The molecule has 1 N–H and O–H groups in total. The highest BCUT2D eigenvalue weighted by atomic mass is 16.6. The highest BCUT2D eigenvalue weighted by molar-refractivity contribution is 6.12. The van der Waals surface area contributed by atoms with Crippen molar-refractivity contribution >= 4 is 34.4 Å². The van der Waals surface area contributed by atoms with E-state index in [1.54, 1.807) is 31.2 Å². The van der Waals surface area contributed by atoms with Gasteiger partial charge >= 0.3 is 5.97 Å². The third-order valence-corrected chi connectivity index (χ3v) is 4.24. The number of benzene rings is 3. The maximum Gasteiger partial charge on any atom is 0.308 e. The topological polar surface area (TPSA) is 88.4 Å². The molecule has 6 heteroatoms. The second-order valence-corrected chi connectivity index (χ2v) is 6.38. The van der Waals surface area contributed by atoms with Crippen molar-refractivity contribution in [2.75, 3.05) is 11.9 Å². The summed E-state index contributed by atoms with van der Waals surface area (Å²) in [6.07, 6.45) is 1.46. The summed E-state index contributed by atoms with van der Waals surface area (Å²) in [6.45, 7) is 3.47. The number of nitriles is 1. The number of nitrogens with one attached hydrogen (secondary N) is 1. The molecule has 0 heterocycles. The van der Waals surface area contributed by atoms with Crippen molar-refractivity contribution in [2.45, 2.75) is 13.8 Å². The number of amides is 1. The molecule has 0 aliphatic carbocycles. The van der Waals surface area contributed by atoms with Gasteiger partial charge in [0.15, 0.2) is 11.5 Å². The van der Waals surface area contributed by atoms with E-state index in [-0.39, 0.29) is 11.3 Å². The molecule has 0 aliphatic heterocycles. The van der Waals surface area contributed by atoms with Gasteiger partial charge in [0.25, 0.3) is 5.91 Å². The minimum atomic E-state index is -0.518. The van der Waals surface area contributed by atoms with Crippen LogP contribution in [0.2, 0.25) is 0 Å². The first-order chi connectivity index (χ1) is 14.5. The zero-order valence-electron chi connectivity index (χ0n) is 16.6. The van der Waals surface area contributed by atoms with E-state index in [9.17, 15) is 14.9 Å². The Morgan fingerprint density at radius 2 is 1.83 bits per heavy atom. The summed E-state index contributed by atoms with van der Waals surface area (Å²) in [5.74, 6) is -0.351. The molecule has 0 saturated heterocycles. The molecular weight excluding hydrogens is 380 g/mol. The molecule has 0 fully saturated rings. The SMILES string of the molecule is CCOc1cc(/C=C(\C#N)C(=O)Nc2cccc3ccccc23)ccc1OC(C)=O. The normalized spacial score (nSPS) is 10.9. The fourth-order valence-electron chi connectivity index (χ4n) is 2.96. The van der Waals surface area contributed by atoms with E-state index in [0.29, 0.717) is 23.6 Å². The predicted molar refractivity (Wildman–Crippen MR) is 115 cm³/mol. The summed E-state index contributed by atoms with van der Waals surface area (Å²) in [6, 6.07) is 20.0. The first kappa shape index (κ1) is 20.6. The number of hydrogen-bond acceptors (Lipinski definition) is 5. The zero-order chi connectivity index (χ0) is 21.5. The first-order valence-electron chi connectivity index (χ1n) is 9.38. The van der Waals surface area contributed by atoms with Crippen LogP contribution in [-0.2, 0) is 9.59 Å². The van der Waals surface area contributed by atoms with Gasteiger partial charge in [-0.15, -0.1) is 0 Å². The van der Waals surface area contributed by atoms with E-state index in [0.717, 1.165) is 10.8 Å². The number of hydrogen-bond donors (Lipinski definition) is 1. The Hall–Kier alpha value is -4.11. The first-order valence-corrected chi connectivity index (χ1v) is 9.38. The van der Waals surface area contributed by atoms with Crippen molar-refractivity contribution in [3.05, 3.63) is 71.8 Å². The molecule has 0 unspecified atom stereocenters. The van der Waals surface area contributed by atoms with Crippen LogP contribution in [0.15, 0.2) is 66.2 Å². The van der Waals surface area contributed by atoms with Gasteiger partial charge in [-0.05, 0) is 42.1 Å². The molecule has 0 bridgehead atoms. The summed E-state index contributed by atoms with van der Waals surface area (Å²) >= 11 is 0. The third-order valence-electron chi connectivity index (χ3n) is 4.24. The van der Waals surface area contributed by atoms with Crippen LogP contribution < -0.4 is 14.8 Å². The number of rotatable bonds is 6. The fourth-order valence-corrected chi connectivity index (χ4v) is 2.96. The predicted octanol–water partition coefficient (Wildman–Crippen LogP) is 4.71. The Kier molecular flexibility index (Phi) is 6.46. The van der Waals surface area contributed by atoms with Gasteiger partial charge in [0.05, 0.1) is 6.61 Å². The Bertz CT molecular complexity index is 1170. The minimum Gasteiger partial charge on any atom is -0.490 e. The van der Waals surface area contributed by atoms with Crippen molar-refractivity contribution in [1.29, 1.82) is 5.26 Å². The molecule has 0 aromatic heterocycles. The molecule has 3 aromatic carbocycles. The van der Waals surface area contributed by atoms with Gasteiger partial charge in [0, 0.05) is 18.0 Å². The Morgan fingerprint density at radius 3 is 2.57 bits per heavy atom. The van der Waals surface area contributed by atoms with Crippen molar-refractivity contribution in [1.82, 2.24) is 0 Å². The monoisotopic (exact) mass is 400 g/mol. The van der Waals surface area contributed by atoms with Crippen LogP contribution in [0.25, 0.3) is 16.8 Å². The van der Waals surface area contributed by atoms with Crippen molar-refractivity contribution in [3.63, 3.8) is 0 Å². The Labute approximate surface area is 174 Å². The largest absolute Gasteiger partial charge is 0.490 e. The number of nitrogens with zero attached hydrogens (tertiary/aromatic N) is 1. The zero-order valence-corrected chi connectivity index (χ0v) is 16.6. The molecular formula is C24H20N2O4. The fraction of sp³-hybridized carbons (Fsp3) is 0.125. The van der Waals surface area contributed by atoms with E-state index in [1.165, 1.54) is 13.0 Å². The molecule has 30 heavy (non-hydrogen) atoms. The van der Waals surface area contributed by atoms with Crippen LogP contribution in [0.5, 0.6) is 11.5 Å². The highest BCUT2D eigenvalue weighted by Gasteiger charge is 2.13. The lowest BCUT2D eigenvalue weighted by atomic mass is 10.1. The smallest absolute Gasteiger partial charge is 0.308 e. The second kappa shape index (κ2) is 9.39. The van der Waals surface area contributed by atoms with Gasteiger partial charge in [0.1, 0.15) is 11.6 Å². The lowest BCUT2D eigenvalue weighted by molar-refractivity contribution is -0.132. The number of carbonyl (C=O) groups is 2. The molecule has 0 saturated carbocycles. The summed E-state index contributed by atoms with van der Waals surface area (Å²) < 4.78 is 10.6. The molecule has 3 rings (SSSR count).